The van der Waals surface area contributed by atoms with Crippen LogP contribution in [-0.2, 0) is 25.6 Å². The van der Waals surface area contributed by atoms with Gasteiger partial charge in [0.25, 0.3) is 5.91 Å². The van der Waals surface area contributed by atoms with Gasteiger partial charge in [0, 0.05) is 57.9 Å². The summed E-state index contributed by atoms with van der Waals surface area (Å²) in [7, 11) is 4.88. The van der Waals surface area contributed by atoms with E-state index in [1.807, 2.05) is 12.1 Å². The first-order valence-electron chi connectivity index (χ1n) is 10.6. The summed E-state index contributed by atoms with van der Waals surface area (Å²) in [4.78, 5) is 40.7. The first kappa shape index (κ1) is 21.6. The Balaban J connectivity index is 1.53. The highest BCUT2D eigenvalue weighted by molar-refractivity contribution is 6.06. The molecular weight excluding hydrogens is 402 g/mol. The number of ether oxygens (including phenoxy) is 3. The summed E-state index contributed by atoms with van der Waals surface area (Å²) in [5.41, 5.74) is 2.35. The molecule has 0 aliphatic carbocycles. The monoisotopic (exact) mass is 431 g/mol. The molecule has 1 N–H and O–H groups in total. The zero-order chi connectivity index (χ0) is 22.1. The lowest BCUT2D eigenvalue weighted by atomic mass is 9.95. The minimum Gasteiger partial charge on any atom is -0.496 e. The second kappa shape index (κ2) is 8.84. The van der Waals surface area contributed by atoms with E-state index in [0.29, 0.717) is 30.2 Å². The lowest BCUT2D eigenvalue weighted by molar-refractivity contribution is -0.141. The number of benzene rings is 1. The van der Waals surface area contributed by atoms with Crippen molar-refractivity contribution in [3.8, 4) is 5.75 Å². The van der Waals surface area contributed by atoms with Gasteiger partial charge in [-0.2, -0.15) is 0 Å². The highest BCUT2D eigenvalue weighted by atomic mass is 16.7. The lowest BCUT2D eigenvalue weighted by Crippen LogP contribution is -2.52. The van der Waals surface area contributed by atoms with Gasteiger partial charge in [-0.15, -0.1) is 0 Å². The number of nitrogens with zero attached hydrogens (tertiary/aromatic N) is 2. The number of nitrogens with one attached hydrogen (secondary N) is 1. The summed E-state index contributed by atoms with van der Waals surface area (Å²) in [6.07, 6.45) is 2.25. The Labute approximate surface area is 181 Å². The minimum absolute atomic E-state index is 0.198. The molecule has 0 aromatic heterocycles. The summed E-state index contributed by atoms with van der Waals surface area (Å²) in [6, 6.07) is 3.28. The van der Waals surface area contributed by atoms with Crippen LogP contribution in [0.25, 0.3) is 0 Å². The van der Waals surface area contributed by atoms with Gasteiger partial charge in [-0.05, 0) is 30.9 Å². The van der Waals surface area contributed by atoms with Gasteiger partial charge < -0.3 is 24.0 Å². The van der Waals surface area contributed by atoms with Crippen LogP contribution in [0.3, 0.4) is 0 Å². The van der Waals surface area contributed by atoms with E-state index in [1.54, 1.807) is 26.2 Å². The zero-order valence-corrected chi connectivity index (χ0v) is 18.2. The number of fused-ring (bicyclic) bond motifs is 1. The number of carbonyl (C=O) groups excluding carboxylic acids is 3. The van der Waals surface area contributed by atoms with Crippen LogP contribution in [0.5, 0.6) is 5.75 Å². The largest absolute Gasteiger partial charge is 0.496 e. The maximum atomic E-state index is 13.1. The number of methoxy groups -OCH3 is 3. The Kier molecular flexibility index (Phi) is 6.15. The number of hydrogen-bond donors (Lipinski definition) is 1. The Morgan fingerprint density at radius 2 is 1.74 bits per heavy atom. The molecule has 31 heavy (non-hydrogen) atoms. The van der Waals surface area contributed by atoms with E-state index >= 15 is 0 Å². The third-order valence-electron chi connectivity index (χ3n) is 6.54. The molecule has 3 aliphatic rings. The molecule has 1 aromatic rings. The third kappa shape index (κ3) is 3.99. The number of hydrogen-bond acceptors (Lipinski definition) is 7. The molecule has 3 aliphatic heterocycles. The molecule has 3 amide bonds. The molecule has 9 heteroatoms. The van der Waals surface area contributed by atoms with Gasteiger partial charge in [-0.3, -0.25) is 19.7 Å². The number of rotatable bonds is 6. The van der Waals surface area contributed by atoms with Crippen LogP contribution in [0, 0.1) is 5.92 Å². The first-order chi connectivity index (χ1) is 15.0. The van der Waals surface area contributed by atoms with E-state index in [4.69, 9.17) is 14.2 Å². The lowest BCUT2D eigenvalue weighted by Gasteiger charge is -2.36. The average Bonchev–Trinajstić information content (AvgIpc) is 3.10. The van der Waals surface area contributed by atoms with Crippen molar-refractivity contribution in [3.05, 3.63) is 23.3 Å². The van der Waals surface area contributed by atoms with Crippen LogP contribution in [-0.4, -0.2) is 69.4 Å². The Morgan fingerprint density at radius 1 is 1.03 bits per heavy atom. The number of carbonyl (C=O) groups is 3. The molecule has 2 saturated heterocycles. The summed E-state index contributed by atoms with van der Waals surface area (Å²) in [5.74, 6) is -0.0785. The molecule has 0 bridgehead atoms. The second-order valence-corrected chi connectivity index (χ2v) is 8.25. The fraction of sp³-hybridized carbons (Fsp3) is 0.591. The molecular formula is C22H29N3O6. The Bertz CT molecular complexity index is 876. The minimum atomic E-state index is -0.637. The SMILES string of the molecule is COc1cc(N2CCC(C(OC)OC)CC2)cc2c1C(=O)N(C1CCC(=O)NC1=O)C2. The van der Waals surface area contributed by atoms with Gasteiger partial charge in [-0.25, -0.2) is 0 Å². The normalized spacial score (nSPS) is 22.2. The van der Waals surface area contributed by atoms with Crippen molar-refractivity contribution in [2.45, 2.75) is 44.6 Å². The van der Waals surface area contributed by atoms with Crippen molar-refractivity contribution in [2.24, 2.45) is 5.92 Å². The molecule has 1 atom stereocenters. The van der Waals surface area contributed by atoms with Crippen molar-refractivity contribution in [1.29, 1.82) is 0 Å². The summed E-state index contributed by atoms with van der Waals surface area (Å²) in [6.45, 7) is 2.03. The summed E-state index contributed by atoms with van der Waals surface area (Å²) >= 11 is 0. The second-order valence-electron chi connectivity index (χ2n) is 8.25. The maximum absolute atomic E-state index is 13.1. The summed E-state index contributed by atoms with van der Waals surface area (Å²) in [5, 5.41) is 2.34. The highest BCUT2D eigenvalue weighted by Gasteiger charge is 2.41. The van der Waals surface area contributed by atoms with Crippen LogP contribution < -0.4 is 15.0 Å². The van der Waals surface area contributed by atoms with Gasteiger partial charge in [0.15, 0.2) is 6.29 Å². The van der Waals surface area contributed by atoms with Crippen molar-refractivity contribution >= 4 is 23.4 Å². The van der Waals surface area contributed by atoms with Gasteiger partial charge in [0.1, 0.15) is 11.8 Å². The number of amides is 3. The highest BCUT2D eigenvalue weighted by Crippen LogP contribution is 2.38. The van der Waals surface area contributed by atoms with Gasteiger partial charge >= 0.3 is 0 Å². The van der Waals surface area contributed by atoms with E-state index in [2.05, 4.69) is 10.2 Å². The zero-order valence-electron chi connectivity index (χ0n) is 18.2. The number of piperidine rings is 2. The van der Waals surface area contributed by atoms with E-state index in [0.717, 1.165) is 37.2 Å². The van der Waals surface area contributed by atoms with Gasteiger partial charge in [-0.1, -0.05) is 0 Å². The molecule has 168 valence electrons. The van der Waals surface area contributed by atoms with Crippen LogP contribution in [0.4, 0.5) is 5.69 Å². The smallest absolute Gasteiger partial charge is 0.258 e. The van der Waals surface area contributed by atoms with Crippen molar-refractivity contribution in [3.63, 3.8) is 0 Å². The van der Waals surface area contributed by atoms with Gasteiger partial charge in [0.05, 0.1) is 12.7 Å². The van der Waals surface area contributed by atoms with E-state index in [-0.39, 0.29) is 24.5 Å². The molecule has 3 heterocycles. The average molecular weight is 431 g/mol. The fourth-order valence-corrected chi connectivity index (χ4v) is 4.91. The molecule has 9 nitrogen and oxygen atoms in total. The van der Waals surface area contributed by atoms with E-state index in [9.17, 15) is 14.4 Å². The Morgan fingerprint density at radius 3 is 2.35 bits per heavy atom. The predicted octanol–water partition coefficient (Wildman–Crippen LogP) is 1.29. The van der Waals surface area contributed by atoms with Gasteiger partial charge in [0.2, 0.25) is 11.8 Å². The number of anilines is 1. The van der Waals surface area contributed by atoms with Crippen LogP contribution >= 0.6 is 0 Å². The third-order valence-corrected chi connectivity index (χ3v) is 6.54. The quantitative estimate of drug-likeness (QED) is 0.535. The molecule has 1 unspecified atom stereocenters. The summed E-state index contributed by atoms with van der Waals surface area (Å²) < 4.78 is 16.4. The van der Waals surface area contributed by atoms with Crippen molar-refractivity contribution in [1.82, 2.24) is 10.2 Å². The standard InChI is InChI=1S/C22H29N3O6/c1-29-17-11-15(24-8-6-13(7-9-24)22(30-2)31-3)10-14-12-25(21(28)19(14)17)16-4-5-18(26)23-20(16)27/h10-11,13,16,22H,4-9,12H2,1-3H3,(H,23,26,27). The fourth-order valence-electron chi connectivity index (χ4n) is 4.91. The predicted molar refractivity (Wildman–Crippen MR) is 112 cm³/mol. The van der Waals surface area contributed by atoms with Crippen molar-refractivity contribution in [2.75, 3.05) is 39.3 Å². The van der Waals surface area contributed by atoms with Crippen molar-refractivity contribution < 1.29 is 28.6 Å². The molecule has 0 saturated carbocycles. The Hall–Kier alpha value is -2.65. The van der Waals surface area contributed by atoms with E-state index < -0.39 is 11.9 Å². The molecule has 4 rings (SSSR count). The molecule has 2 fully saturated rings. The molecule has 0 spiro atoms. The van der Waals surface area contributed by atoms with E-state index in [1.165, 1.54) is 0 Å². The maximum Gasteiger partial charge on any atom is 0.258 e. The van der Waals surface area contributed by atoms with Crippen LogP contribution in [0.1, 0.15) is 41.6 Å². The number of imide groups is 1. The molecule has 1 aromatic carbocycles. The topological polar surface area (TPSA) is 97.4 Å². The van der Waals surface area contributed by atoms with Crippen LogP contribution in [0.15, 0.2) is 12.1 Å². The van der Waals surface area contributed by atoms with Crippen LogP contribution in [0.2, 0.25) is 0 Å². The first-order valence-corrected chi connectivity index (χ1v) is 10.6. The molecule has 0 radical (unpaired) electrons.